The SMILES string of the molecule is Cc1cccc(NC(=O)c2cc(C)nc(NC(C)c3ccccc3)n2)c1. The van der Waals surface area contributed by atoms with Gasteiger partial charge in [-0.05, 0) is 50.1 Å². The average molecular weight is 346 g/mol. The summed E-state index contributed by atoms with van der Waals surface area (Å²) in [5, 5.41) is 6.15. The molecule has 1 unspecified atom stereocenters. The summed E-state index contributed by atoms with van der Waals surface area (Å²) in [4.78, 5) is 21.3. The van der Waals surface area contributed by atoms with Gasteiger partial charge >= 0.3 is 0 Å². The Morgan fingerprint density at radius 3 is 2.46 bits per heavy atom. The zero-order valence-corrected chi connectivity index (χ0v) is 15.2. The number of aryl methyl sites for hydroxylation is 2. The fourth-order valence-corrected chi connectivity index (χ4v) is 2.69. The van der Waals surface area contributed by atoms with Gasteiger partial charge in [0.2, 0.25) is 5.95 Å². The number of anilines is 2. The molecule has 5 nitrogen and oxygen atoms in total. The van der Waals surface area contributed by atoms with Gasteiger partial charge in [0.15, 0.2) is 0 Å². The Bertz CT molecular complexity index is 909. The largest absolute Gasteiger partial charge is 0.348 e. The third-order valence-corrected chi connectivity index (χ3v) is 4.01. The van der Waals surface area contributed by atoms with Crippen molar-refractivity contribution >= 4 is 17.5 Å². The van der Waals surface area contributed by atoms with E-state index in [9.17, 15) is 4.79 Å². The van der Waals surface area contributed by atoms with Crippen molar-refractivity contribution in [3.63, 3.8) is 0 Å². The van der Waals surface area contributed by atoms with Gasteiger partial charge in [0, 0.05) is 11.4 Å². The predicted molar refractivity (Wildman–Crippen MR) is 104 cm³/mol. The van der Waals surface area contributed by atoms with E-state index in [1.54, 1.807) is 6.07 Å². The monoisotopic (exact) mass is 346 g/mol. The first-order chi connectivity index (χ1) is 12.5. The first-order valence-corrected chi connectivity index (χ1v) is 8.56. The second-order valence-corrected chi connectivity index (χ2v) is 6.32. The molecule has 0 bridgehead atoms. The van der Waals surface area contributed by atoms with Gasteiger partial charge < -0.3 is 10.6 Å². The first-order valence-electron chi connectivity index (χ1n) is 8.56. The van der Waals surface area contributed by atoms with E-state index in [0.29, 0.717) is 11.6 Å². The normalized spacial score (nSPS) is 11.7. The molecule has 0 aliphatic heterocycles. The highest BCUT2D eigenvalue weighted by Gasteiger charge is 2.13. The summed E-state index contributed by atoms with van der Waals surface area (Å²) < 4.78 is 0. The van der Waals surface area contributed by atoms with Crippen molar-refractivity contribution in [2.45, 2.75) is 26.8 Å². The number of nitrogens with one attached hydrogen (secondary N) is 2. The van der Waals surface area contributed by atoms with Crippen molar-refractivity contribution in [1.82, 2.24) is 9.97 Å². The molecule has 0 aliphatic carbocycles. The quantitative estimate of drug-likeness (QED) is 0.713. The summed E-state index contributed by atoms with van der Waals surface area (Å²) in [6.07, 6.45) is 0. The highest BCUT2D eigenvalue weighted by Crippen LogP contribution is 2.17. The van der Waals surface area contributed by atoms with Crippen LogP contribution in [0.25, 0.3) is 0 Å². The number of aromatic nitrogens is 2. The van der Waals surface area contributed by atoms with Gasteiger partial charge in [0.1, 0.15) is 5.69 Å². The highest BCUT2D eigenvalue weighted by molar-refractivity contribution is 6.03. The lowest BCUT2D eigenvalue weighted by atomic mass is 10.1. The number of hydrogen-bond donors (Lipinski definition) is 2. The number of amides is 1. The maximum absolute atomic E-state index is 12.6. The lowest BCUT2D eigenvalue weighted by molar-refractivity contribution is 0.102. The number of nitrogens with zero attached hydrogens (tertiary/aromatic N) is 2. The Hall–Kier alpha value is -3.21. The Balaban J connectivity index is 1.77. The summed E-state index contributed by atoms with van der Waals surface area (Å²) in [6.45, 7) is 5.87. The van der Waals surface area contributed by atoms with Gasteiger partial charge in [-0.3, -0.25) is 4.79 Å². The van der Waals surface area contributed by atoms with Crippen LogP contribution >= 0.6 is 0 Å². The summed E-state index contributed by atoms with van der Waals surface area (Å²) in [5.41, 5.74) is 4.03. The summed E-state index contributed by atoms with van der Waals surface area (Å²) >= 11 is 0. The topological polar surface area (TPSA) is 66.9 Å². The Morgan fingerprint density at radius 2 is 1.73 bits per heavy atom. The summed E-state index contributed by atoms with van der Waals surface area (Å²) in [6, 6.07) is 19.4. The molecule has 0 aliphatic rings. The number of rotatable bonds is 5. The minimum atomic E-state index is -0.253. The van der Waals surface area contributed by atoms with Gasteiger partial charge in [0.05, 0.1) is 6.04 Å². The third-order valence-electron chi connectivity index (χ3n) is 4.01. The lowest BCUT2D eigenvalue weighted by Crippen LogP contribution is -2.17. The molecule has 1 heterocycles. The Kier molecular flexibility index (Phi) is 5.27. The first kappa shape index (κ1) is 17.6. The molecule has 2 N–H and O–H groups in total. The van der Waals surface area contributed by atoms with Gasteiger partial charge in [0.25, 0.3) is 5.91 Å². The van der Waals surface area contributed by atoms with Crippen LogP contribution in [0, 0.1) is 13.8 Å². The molecule has 26 heavy (non-hydrogen) atoms. The van der Waals surface area contributed by atoms with Gasteiger partial charge in [-0.1, -0.05) is 42.5 Å². The number of hydrogen-bond acceptors (Lipinski definition) is 4. The molecule has 0 saturated heterocycles. The Morgan fingerprint density at radius 1 is 0.962 bits per heavy atom. The van der Waals surface area contributed by atoms with Crippen LogP contribution in [0.1, 0.15) is 40.3 Å². The van der Waals surface area contributed by atoms with E-state index in [1.807, 2.05) is 75.4 Å². The molecular weight excluding hydrogens is 324 g/mol. The zero-order valence-electron chi connectivity index (χ0n) is 15.2. The van der Waals surface area contributed by atoms with E-state index in [2.05, 4.69) is 20.6 Å². The van der Waals surface area contributed by atoms with Crippen LogP contribution < -0.4 is 10.6 Å². The van der Waals surface area contributed by atoms with Crippen LogP contribution in [0.5, 0.6) is 0 Å². The molecule has 1 atom stereocenters. The van der Waals surface area contributed by atoms with Crippen molar-refractivity contribution in [1.29, 1.82) is 0 Å². The smallest absolute Gasteiger partial charge is 0.274 e. The van der Waals surface area contributed by atoms with E-state index < -0.39 is 0 Å². The van der Waals surface area contributed by atoms with Crippen LogP contribution in [-0.4, -0.2) is 15.9 Å². The lowest BCUT2D eigenvalue weighted by Gasteiger charge is -2.15. The summed E-state index contributed by atoms with van der Waals surface area (Å²) in [7, 11) is 0. The number of benzene rings is 2. The van der Waals surface area contributed by atoms with Crippen LogP contribution in [0.3, 0.4) is 0 Å². The van der Waals surface area contributed by atoms with Crippen LogP contribution in [0.4, 0.5) is 11.6 Å². The van der Waals surface area contributed by atoms with Crippen molar-refractivity contribution in [3.05, 3.63) is 83.2 Å². The van der Waals surface area contributed by atoms with Crippen molar-refractivity contribution in [3.8, 4) is 0 Å². The molecule has 0 spiro atoms. The van der Waals surface area contributed by atoms with Crippen molar-refractivity contribution in [2.24, 2.45) is 0 Å². The molecule has 3 rings (SSSR count). The standard InChI is InChI=1S/C21H22N4O/c1-14-8-7-11-18(12-14)24-20(26)19-13-15(2)22-21(25-19)23-16(3)17-9-5-4-6-10-17/h4-13,16H,1-3H3,(H,24,26)(H,22,23,25). The highest BCUT2D eigenvalue weighted by atomic mass is 16.1. The van der Waals surface area contributed by atoms with E-state index in [1.165, 1.54) is 0 Å². The van der Waals surface area contributed by atoms with E-state index >= 15 is 0 Å². The second kappa shape index (κ2) is 7.78. The predicted octanol–water partition coefficient (Wildman–Crippen LogP) is 4.52. The molecule has 0 fully saturated rings. The molecule has 5 heteroatoms. The van der Waals surface area contributed by atoms with Crippen LogP contribution in [0.2, 0.25) is 0 Å². The van der Waals surface area contributed by atoms with E-state index in [-0.39, 0.29) is 11.9 Å². The molecule has 1 amide bonds. The molecular formula is C21H22N4O. The second-order valence-electron chi connectivity index (χ2n) is 6.32. The maximum atomic E-state index is 12.6. The fourth-order valence-electron chi connectivity index (χ4n) is 2.69. The zero-order chi connectivity index (χ0) is 18.5. The number of carbonyl (C=O) groups excluding carboxylic acids is 1. The summed E-state index contributed by atoms with van der Waals surface area (Å²) in [5.74, 6) is 0.187. The average Bonchev–Trinajstić information content (AvgIpc) is 2.62. The molecule has 1 aromatic heterocycles. The Labute approximate surface area is 153 Å². The van der Waals surface area contributed by atoms with Crippen molar-refractivity contribution < 1.29 is 4.79 Å². The van der Waals surface area contributed by atoms with E-state index in [0.717, 1.165) is 22.5 Å². The van der Waals surface area contributed by atoms with Crippen LogP contribution in [0.15, 0.2) is 60.7 Å². The number of carbonyl (C=O) groups is 1. The minimum absolute atomic E-state index is 0.0330. The van der Waals surface area contributed by atoms with Gasteiger partial charge in [-0.25, -0.2) is 9.97 Å². The molecule has 132 valence electrons. The van der Waals surface area contributed by atoms with Crippen molar-refractivity contribution in [2.75, 3.05) is 10.6 Å². The molecule has 0 radical (unpaired) electrons. The van der Waals surface area contributed by atoms with Gasteiger partial charge in [-0.15, -0.1) is 0 Å². The molecule has 2 aromatic carbocycles. The van der Waals surface area contributed by atoms with Gasteiger partial charge in [-0.2, -0.15) is 0 Å². The molecule has 0 saturated carbocycles. The third kappa shape index (κ3) is 4.45. The maximum Gasteiger partial charge on any atom is 0.274 e. The minimum Gasteiger partial charge on any atom is -0.348 e. The van der Waals surface area contributed by atoms with Crippen LogP contribution in [-0.2, 0) is 0 Å². The fraction of sp³-hybridized carbons (Fsp3) is 0.190. The molecule has 3 aromatic rings. The van der Waals surface area contributed by atoms with E-state index in [4.69, 9.17) is 0 Å².